The highest BCUT2D eigenvalue weighted by Gasteiger charge is 2.50. The molecular weight excluding hydrogens is 326 g/mol. The molecule has 3 atom stereocenters. The number of hydrogen-bond donors (Lipinski definition) is 2. The second-order valence-corrected chi connectivity index (χ2v) is 7.73. The molecule has 4 heteroatoms. The second kappa shape index (κ2) is 6.53. The highest BCUT2D eigenvalue weighted by Crippen LogP contribution is 2.46. The van der Waals surface area contributed by atoms with Crippen LogP contribution < -0.4 is 0 Å². The Morgan fingerprint density at radius 1 is 1.04 bits per heavy atom. The molecule has 2 fully saturated rings. The van der Waals surface area contributed by atoms with Gasteiger partial charge in [-0.2, -0.15) is 0 Å². The third-order valence-electron chi connectivity index (χ3n) is 6.11. The van der Waals surface area contributed by atoms with Crippen LogP contribution in [0.3, 0.4) is 0 Å². The molecule has 2 aliphatic rings. The maximum Gasteiger partial charge on any atom is 0.179 e. The molecule has 2 aliphatic heterocycles. The van der Waals surface area contributed by atoms with Crippen LogP contribution in [0.4, 0.5) is 0 Å². The highest BCUT2D eigenvalue weighted by atomic mass is 16.3. The first-order valence-corrected chi connectivity index (χ1v) is 9.36. The molecule has 0 radical (unpaired) electrons. The summed E-state index contributed by atoms with van der Waals surface area (Å²) in [5.74, 6) is 0.243. The van der Waals surface area contributed by atoms with Crippen LogP contribution in [0.1, 0.15) is 48.5 Å². The molecule has 2 aromatic rings. The van der Waals surface area contributed by atoms with Gasteiger partial charge < -0.3 is 10.2 Å². The molecule has 4 nitrogen and oxygen atoms in total. The van der Waals surface area contributed by atoms with E-state index >= 15 is 0 Å². The van der Waals surface area contributed by atoms with Gasteiger partial charge in [0.15, 0.2) is 5.78 Å². The Balaban J connectivity index is 1.55. The van der Waals surface area contributed by atoms with Gasteiger partial charge in [0.05, 0.1) is 11.6 Å². The van der Waals surface area contributed by atoms with Gasteiger partial charge >= 0.3 is 0 Å². The van der Waals surface area contributed by atoms with Gasteiger partial charge in [-0.15, -0.1) is 0 Å². The zero-order valence-corrected chi connectivity index (χ0v) is 15.0. The molecule has 0 aliphatic carbocycles. The quantitative estimate of drug-likeness (QED) is 0.828. The summed E-state index contributed by atoms with van der Waals surface area (Å²) in [6.07, 6.45) is 3.38. The van der Waals surface area contributed by atoms with E-state index in [4.69, 9.17) is 0 Å². The SMILES string of the molecule is CC(C(=O)c1ccc(O)cc1)N1C2CCC1CC(O)(c1ccccc1)C2. The van der Waals surface area contributed by atoms with Crippen LogP contribution >= 0.6 is 0 Å². The minimum Gasteiger partial charge on any atom is -0.508 e. The Labute approximate surface area is 154 Å². The fourth-order valence-electron chi connectivity index (χ4n) is 4.88. The van der Waals surface area contributed by atoms with Crippen LogP contribution in [0.2, 0.25) is 0 Å². The van der Waals surface area contributed by atoms with Crippen LogP contribution in [0.25, 0.3) is 0 Å². The van der Waals surface area contributed by atoms with Gasteiger partial charge in [0.25, 0.3) is 0 Å². The smallest absolute Gasteiger partial charge is 0.179 e. The zero-order valence-electron chi connectivity index (χ0n) is 15.0. The van der Waals surface area contributed by atoms with Crippen LogP contribution in [0.5, 0.6) is 5.75 Å². The Morgan fingerprint density at radius 3 is 2.19 bits per heavy atom. The molecular formula is C22H25NO3. The number of carbonyl (C=O) groups is 1. The molecule has 2 bridgehead atoms. The van der Waals surface area contributed by atoms with Crippen molar-refractivity contribution in [3.05, 3.63) is 65.7 Å². The lowest BCUT2D eigenvalue weighted by molar-refractivity contribution is -0.0639. The van der Waals surface area contributed by atoms with Gasteiger partial charge in [0, 0.05) is 17.6 Å². The van der Waals surface area contributed by atoms with Crippen molar-refractivity contribution in [2.75, 3.05) is 0 Å². The Bertz CT molecular complexity index is 773. The fraction of sp³-hybridized carbons (Fsp3) is 0.409. The number of phenols is 1. The van der Waals surface area contributed by atoms with Gasteiger partial charge in [0.1, 0.15) is 5.75 Å². The van der Waals surface area contributed by atoms with Gasteiger partial charge in [-0.05, 0) is 62.4 Å². The average Bonchev–Trinajstić information content (AvgIpc) is 2.94. The lowest BCUT2D eigenvalue weighted by Gasteiger charge is -2.46. The molecule has 2 N–H and O–H groups in total. The number of aromatic hydroxyl groups is 1. The number of aliphatic hydroxyl groups is 1. The molecule has 2 aromatic carbocycles. The van der Waals surface area contributed by atoms with Crippen molar-refractivity contribution >= 4 is 5.78 Å². The van der Waals surface area contributed by atoms with E-state index in [0.717, 1.165) is 18.4 Å². The summed E-state index contributed by atoms with van der Waals surface area (Å²) in [7, 11) is 0. The molecule has 2 saturated heterocycles. The average molecular weight is 351 g/mol. The Kier molecular flexibility index (Phi) is 4.33. The standard InChI is InChI=1S/C22H25NO3/c1-15(21(25)16-7-11-20(24)12-8-16)23-18-9-10-19(23)14-22(26,13-18)17-5-3-2-4-6-17/h2-8,11-12,15,18-19,24,26H,9-10,13-14H2,1H3. The monoisotopic (exact) mass is 351 g/mol. The lowest BCUT2D eigenvalue weighted by Crippen LogP contribution is -2.54. The molecule has 26 heavy (non-hydrogen) atoms. The van der Waals surface area contributed by atoms with Gasteiger partial charge in [0.2, 0.25) is 0 Å². The van der Waals surface area contributed by atoms with E-state index in [1.165, 1.54) is 0 Å². The number of piperidine rings is 1. The molecule has 4 rings (SSSR count). The molecule has 0 spiro atoms. The van der Waals surface area contributed by atoms with E-state index in [1.807, 2.05) is 37.3 Å². The fourth-order valence-corrected chi connectivity index (χ4v) is 4.88. The topological polar surface area (TPSA) is 60.8 Å². The van der Waals surface area contributed by atoms with Crippen molar-refractivity contribution in [1.82, 2.24) is 4.90 Å². The van der Waals surface area contributed by atoms with Crippen LogP contribution in [0, 0.1) is 0 Å². The van der Waals surface area contributed by atoms with Crippen molar-refractivity contribution in [2.24, 2.45) is 0 Å². The molecule has 0 amide bonds. The predicted molar refractivity (Wildman–Crippen MR) is 100 cm³/mol. The number of phenolic OH excluding ortho intramolecular Hbond substituents is 1. The molecule has 136 valence electrons. The number of ketones is 1. The first-order chi connectivity index (χ1) is 12.5. The van der Waals surface area contributed by atoms with E-state index in [0.29, 0.717) is 18.4 Å². The second-order valence-electron chi connectivity index (χ2n) is 7.73. The number of Topliss-reactive ketones (excluding diaryl/α,β-unsaturated/α-hetero) is 1. The van der Waals surface area contributed by atoms with Crippen LogP contribution in [0.15, 0.2) is 54.6 Å². The largest absolute Gasteiger partial charge is 0.508 e. The maximum atomic E-state index is 12.9. The summed E-state index contributed by atoms with van der Waals surface area (Å²) in [5.41, 5.74) is 0.804. The Morgan fingerprint density at radius 2 is 1.62 bits per heavy atom. The summed E-state index contributed by atoms with van der Waals surface area (Å²) < 4.78 is 0. The number of nitrogens with zero attached hydrogens (tertiary/aromatic N) is 1. The van der Waals surface area contributed by atoms with Gasteiger partial charge in [-0.3, -0.25) is 9.69 Å². The predicted octanol–water partition coefficient (Wildman–Crippen LogP) is 3.48. The van der Waals surface area contributed by atoms with Crippen molar-refractivity contribution < 1.29 is 15.0 Å². The third kappa shape index (κ3) is 2.93. The van der Waals surface area contributed by atoms with Gasteiger partial charge in [-0.1, -0.05) is 30.3 Å². The lowest BCUT2D eigenvalue weighted by atomic mass is 9.79. The first-order valence-electron chi connectivity index (χ1n) is 9.36. The normalized spacial score (nSPS) is 29.5. The van der Waals surface area contributed by atoms with Crippen LogP contribution in [-0.2, 0) is 5.60 Å². The zero-order chi connectivity index (χ0) is 18.3. The van der Waals surface area contributed by atoms with Crippen molar-refractivity contribution in [2.45, 2.75) is 56.3 Å². The van der Waals surface area contributed by atoms with E-state index in [-0.39, 0.29) is 29.7 Å². The number of fused-ring (bicyclic) bond motifs is 2. The number of hydrogen-bond acceptors (Lipinski definition) is 4. The van der Waals surface area contributed by atoms with E-state index in [9.17, 15) is 15.0 Å². The highest BCUT2D eigenvalue weighted by molar-refractivity contribution is 6.00. The molecule has 0 aromatic heterocycles. The number of benzene rings is 2. The maximum absolute atomic E-state index is 12.9. The number of rotatable bonds is 4. The summed E-state index contributed by atoms with van der Waals surface area (Å²) >= 11 is 0. The van der Waals surface area contributed by atoms with E-state index in [1.54, 1.807) is 24.3 Å². The molecule has 2 heterocycles. The summed E-state index contributed by atoms with van der Waals surface area (Å²) in [5, 5.41) is 20.7. The summed E-state index contributed by atoms with van der Waals surface area (Å²) in [6.45, 7) is 1.97. The van der Waals surface area contributed by atoms with Crippen molar-refractivity contribution in [3.63, 3.8) is 0 Å². The molecule has 3 unspecified atom stereocenters. The van der Waals surface area contributed by atoms with Crippen molar-refractivity contribution in [1.29, 1.82) is 0 Å². The van der Waals surface area contributed by atoms with E-state index < -0.39 is 5.60 Å². The van der Waals surface area contributed by atoms with Crippen LogP contribution in [-0.4, -0.2) is 39.0 Å². The van der Waals surface area contributed by atoms with Crippen molar-refractivity contribution in [3.8, 4) is 5.75 Å². The van der Waals surface area contributed by atoms with Gasteiger partial charge in [-0.25, -0.2) is 0 Å². The van der Waals surface area contributed by atoms with E-state index in [2.05, 4.69) is 4.90 Å². The first kappa shape index (κ1) is 17.3. The summed E-state index contributed by atoms with van der Waals surface area (Å²) in [4.78, 5) is 15.2. The minimum absolute atomic E-state index is 0.0760. The minimum atomic E-state index is -0.801. The Hall–Kier alpha value is -2.17. The third-order valence-corrected chi connectivity index (χ3v) is 6.11. The summed E-state index contributed by atoms with van der Waals surface area (Å²) in [6, 6.07) is 16.6. The number of carbonyl (C=O) groups excluding carboxylic acids is 1. The molecule has 0 saturated carbocycles.